The number of hydrogen-bond donors (Lipinski definition) is 2. The highest BCUT2D eigenvalue weighted by atomic mass is 19.4. The Kier molecular flexibility index (Phi) is 3.72. The van der Waals surface area contributed by atoms with E-state index in [9.17, 15) is 18.0 Å². The molecule has 2 N–H and O–H groups in total. The summed E-state index contributed by atoms with van der Waals surface area (Å²) in [6.07, 6.45) is -5.57. The lowest BCUT2D eigenvalue weighted by atomic mass is 10.0. The lowest BCUT2D eigenvalue weighted by molar-refractivity contribution is -0.162. The fourth-order valence-corrected chi connectivity index (χ4v) is 0.693. The van der Waals surface area contributed by atoms with Gasteiger partial charge in [-0.1, -0.05) is 0 Å². The maximum atomic E-state index is 11.7. The summed E-state index contributed by atoms with van der Waals surface area (Å²) < 4.78 is 35.0. The van der Waals surface area contributed by atoms with Crippen molar-refractivity contribution in [2.45, 2.75) is 19.0 Å². The average Bonchev–Trinajstić information content (AvgIpc) is 1.83. The van der Waals surface area contributed by atoms with Crippen molar-refractivity contribution in [3.63, 3.8) is 0 Å². The fraction of sp³-hybridized carbons (Fsp3) is 0.667. The fourth-order valence-electron chi connectivity index (χ4n) is 0.693. The van der Waals surface area contributed by atoms with E-state index in [2.05, 4.69) is 0 Å². The molecule has 0 bridgehead atoms. The minimum Gasteiger partial charge on any atom is -0.481 e. The van der Waals surface area contributed by atoms with Crippen molar-refractivity contribution in [3.8, 4) is 0 Å². The third kappa shape index (κ3) is 4.70. The molecule has 0 aliphatic rings. The van der Waals surface area contributed by atoms with E-state index in [-0.39, 0.29) is 6.42 Å². The Hall–Kier alpha value is -1.07. The van der Waals surface area contributed by atoms with Crippen molar-refractivity contribution in [1.82, 2.24) is 0 Å². The van der Waals surface area contributed by atoms with E-state index in [1.807, 2.05) is 0 Å². The average molecular weight is 183 g/mol. The highest BCUT2D eigenvalue weighted by Crippen LogP contribution is 2.26. The van der Waals surface area contributed by atoms with E-state index in [0.29, 0.717) is 6.21 Å². The highest BCUT2D eigenvalue weighted by Gasteiger charge is 2.34. The molecule has 0 aromatic heterocycles. The summed E-state index contributed by atoms with van der Waals surface area (Å²) in [6.45, 7) is 0. The molecule has 0 saturated carbocycles. The Labute approximate surface area is 66.7 Å². The number of carbonyl (C=O) groups is 1. The number of carboxylic acids is 1. The van der Waals surface area contributed by atoms with Crippen LogP contribution in [0.3, 0.4) is 0 Å². The van der Waals surface area contributed by atoms with Crippen molar-refractivity contribution >= 4 is 12.2 Å². The van der Waals surface area contributed by atoms with Gasteiger partial charge in [-0.3, -0.25) is 4.79 Å². The maximum Gasteiger partial charge on any atom is 0.389 e. The molecule has 0 saturated heterocycles. The second-order valence-electron chi connectivity index (χ2n) is 2.29. The number of hydrogen-bond acceptors (Lipinski definition) is 2. The molecule has 0 aliphatic heterocycles. The third-order valence-corrected chi connectivity index (χ3v) is 1.23. The Bertz CT molecular complexity index is 178. The van der Waals surface area contributed by atoms with Crippen molar-refractivity contribution in [2.75, 3.05) is 0 Å². The normalized spacial score (nSPS) is 13.9. The van der Waals surface area contributed by atoms with Crippen LogP contribution in [-0.2, 0) is 4.79 Å². The van der Waals surface area contributed by atoms with Gasteiger partial charge in [-0.2, -0.15) is 13.2 Å². The zero-order valence-electron chi connectivity index (χ0n) is 6.06. The molecule has 70 valence electrons. The summed E-state index contributed by atoms with van der Waals surface area (Å²) in [7, 11) is 0. The molecule has 6 heteroatoms. The predicted molar refractivity (Wildman–Crippen MR) is 35.2 cm³/mol. The molecule has 12 heavy (non-hydrogen) atoms. The Balaban J connectivity index is 4.13. The summed E-state index contributed by atoms with van der Waals surface area (Å²) in [5.41, 5.74) is 0. The Morgan fingerprint density at radius 2 is 2.08 bits per heavy atom. The number of carboxylic acid groups (broad SMARTS) is 1. The molecule has 0 aliphatic carbocycles. The van der Waals surface area contributed by atoms with E-state index in [1.165, 1.54) is 0 Å². The zero-order valence-corrected chi connectivity index (χ0v) is 6.06. The van der Waals surface area contributed by atoms with Crippen LogP contribution in [0.25, 0.3) is 0 Å². The van der Waals surface area contributed by atoms with Gasteiger partial charge in [0.2, 0.25) is 0 Å². The van der Waals surface area contributed by atoms with Gasteiger partial charge in [-0.15, -0.1) is 0 Å². The Morgan fingerprint density at radius 3 is 2.33 bits per heavy atom. The quantitative estimate of drug-likeness (QED) is 0.651. The van der Waals surface area contributed by atoms with Crippen LogP contribution in [0, 0.1) is 11.3 Å². The van der Waals surface area contributed by atoms with E-state index < -0.39 is 24.5 Å². The topological polar surface area (TPSA) is 61.2 Å². The van der Waals surface area contributed by atoms with Crippen molar-refractivity contribution in [3.05, 3.63) is 0 Å². The van der Waals surface area contributed by atoms with Gasteiger partial charge in [0.1, 0.15) is 0 Å². The van der Waals surface area contributed by atoms with Gasteiger partial charge in [-0.05, 0) is 12.6 Å². The first-order valence-electron chi connectivity index (χ1n) is 3.15. The third-order valence-electron chi connectivity index (χ3n) is 1.23. The second-order valence-corrected chi connectivity index (χ2v) is 2.29. The summed E-state index contributed by atoms with van der Waals surface area (Å²) in [6, 6.07) is 0. The first kappa shape index (κ1) is 10.9. The molecule has 0 spiro atoms. The molecule has 1 atom stereocenters. The van der Waals surface area contributed by atoms with Crippen LogP contribution in [-0.4, -0.2) is 23.5 Å². The second kappa shape index (κ2) is 4.08. The molecule has 0 aromatic rings. The van der Waals surface area contributed by atoms with Crippen LogP contribution < -0.4 is 0 Å². The summed E-state index contributed by atoms with van der Waals surface area (Å²) in [5, 5.41) is 14.7. The first-order valence-corrected chi connectivity index (χ1v) is 3.15. The summed E-state index contributed by atoms with van der Waals surface area (Å²) in [5.74, 6) is -3.04. The predicted octanol–water partition coefficient (Wildman–Crippen LogP) is 1.68. The lowest BCUT2D eigenvalue weighted by Crippen LogP contribution is -2.22. The molecule has 3 nitrogen and oxygen atoms in total. The van der Waals surface area contributed by atoms with Gasteiger partial charge in [0.05, 0.1) is 12.3 Å². The van der Waals surface area contributed by atoms with Crippen LogP contribution in [0.2, 0.25) is 0 Å². The molecule has 0 rings (SSSR count). The molecule has 0 amide bonds. The first-order chi connectivity index (χ1) is 5.37. The number of halogens is 3. The van der Waals surface area contributed by atoms with Crippen molar-refractivity contribution in [1.29, 1.82) is 5.41 Å². The number of rotatable bonds is 4. The van der Waals surface area contributed by atoms with Gasteiger partial charge >= 0.3 is 12.1 Å². The van der Waals surface area contributed by atoms with Gasteiger partial charge in [-0.25, -0.2) is 0 Å². The van der Waals surface area contributed by atoms with Crippen LogP contribution in [0.15, 0.2) is 0 Å². The molecule has 0 radical (unpaired) electrons. The molecule has 0 fully saturated rings. The standard InChI is InChI=1S/C6H8F3NO2/c7-6(8,9)3-4(1-2-10)5(11)12/h2,4,10H,1,3H2,(H,11,12). The van der Waals surface area contributed by atoms with Crippen LogP contribution in [0.5, 0.6) is 0 Å². The van der Waals surface area contributed by atoms with Gasteiger partial charge in [0.25, 0.3) is 0 Å². The number of alkyl halides is 3. The summed E-state index contributed by atoms with van der Waals surface area (Å²) >= 11 is 0. The van der Waals surface area contributed by atoms with E-state index in [1.54, 1.807) is 0 Å². The minimum atomic E-state index is -4.48. The van der Waals surface area contributed by atoms with Crippen LogP contribution >= 0.6 is 0 Å². The smallest absolute Gasteiger partial charge is 0.389 e. The lowest BCUT2D eigenvalue weighted by Gasteiger charge is -2.11. The zero-order chi connectivity index (χ0) is 9.78. The molecular weight excluding hydrogens is 175 g/mol. The van der Waals surface area contributed by atoms with Crippen molar-refractivity contribution < 1.29 is 23.1 Å². The van der Waals surface area contributed by atoms with Crippen molar-refractivity contribution in [2.24, 2.45) is 5.92 Å². The molecule has 1 unspecified atom stereocenters. The van der Waals surface area contributed by atoms with E-state index in [4.69, 9.17) is 10.5 Å². The van der Waals surface area contributed by atoms with E-state index in [0.717, 1.165) is 0 Å². The monoisotopic (exact) mass is 183 g/mol. The minimum absolute atomic E-state index is 0.380. The maximum absolute atomic E-state index is 11.7. The largest absolute Gasteiger partial charge is 0.481 e. The van der Waals surface area contributed by atoms with Crippen LogP contribution in [0.4, 0.5) is 13.2 Å². The number of nitrogens with one attached hydrogen (secondary N) is 1. The van der Waals surface area contributed by atoms with Gasteiger partial charge < -0.3 is 10.5 Å². The van der Waals surface area contributed by atoms with E-state index >= 15 is 0 Å². The Morgan fingerprint density at radius 1 is 1.58 bits per heavy atom. The number of aliphatic carboxylic acids is 1. The SMILES string of the molecule is N=CCC(CC(F)(F)F)C(=O)O. The molecule has 0 heterocycles. The molecular formula is C6H8F3NO2. The molecule has 0 aromatic carbocycles. The highest BCUT2D eigenvalue weighted by molar-refractivity contribution is 5.74. The van der Waals surface area contributed by atoms with Gasteiger partial charge in [0, 0.05) is 0 Å². The summed E-state index contributed by atoms with van der Waals surface area (Å²) in [4.78, 5) is 10.2. The van der Waals surface area contributed by atoms with Gasteiger partial charge in [0.15, 0.2) is 0 Å². The van der Waals surface area contributed by atoms with Crippen LogP contribution in [0.1, 0.15) is 12.8 Å².